The molecule has 0 aliphatic rings. The van der Waals surface area contributed by atoms with Crippen LogP contribution in [0.2, 0.25) is 0 Å². The number of guanidine groups is 4. The molecule has 0 amide bonds. The fourth-order valence-corrected chi connectivity index (χ4v) is 2.04. The van der Waals surface area contributed by atoms with Crippen LogP contribution in [-0.2, 0) is 0 Å². The number of aliphatic imine (C=N–C) groups is 4. The maximum atomic E-state index is 5.60. The summed E-state index contributed by atoms with van der Waals surface area (Å²) in [4.78, 5) is 15.5. The van der Waals surface area contributed by atoms with Crippen molar-refractivity contribution in [2.75, 3.05) is 0 Å². The average Bonchev–Trinajstić information content (AvgIpc) is 2.54. The number of nitrogens with two attached hydrogens (primary N) is 6. The van der Waals surface area contributed by atoms with Gasteiger partial charge in [-0.2, -0.15) is 9.98 Å². The monoisotopic (exact) mass is 352 g/mol. The van der Waals surface area contributed by atoms with Crippen LogP contribution < -0.4 is 34.4 Å². The van der Waals surface area contributed by atoms with Crippen LogP contribution in [0.3, 0.4) is 0 Å². The van der Waals surface area contributed by atoms with Crippen molar-refractivity contribution >= 4 is 35.2 Å². The lowest BCUT2D eigenvalue weighted by molar-refractivity contribution is 1.38. The van der Waals surface area contributed by atoms with Crippen molar-refractivity contribution in [1.29, 1.82) is 0 Å². The molecule has 2 aromatic rings. The first-order chi connectivity index (χ1) is 12.3. The van der Waals surface area contributed by atoms with E-state index < -0.39 is 0 Å². The van der Waals surface area contributed by atoms with Gasteiger partial charge in [0, 0.05) is 0 Å². The molecule has 0 saturated carbocycles. The molecule has 0 aliphatic heterocycles. The van der Waals surface area contributed by atoms with E-state index in [1.54, 1.807) is 24.3 Å². The van der Waals surface area contributed by atoms with Crippen molar-refractivity contribution in [1.82, 2.24) is 0 Å². The third-order valence-electron chi connectivity index (χ3n) is 3.04. The lowest BCUT2D eigenvalue weighted by Gasteiger charge is -2.03. The Bertz CT molecular complexity index is 793. The smallest absolute Gasteiger partial charge is 0.223 e. The van der Waals surface area contributed by atoms with Crippen LogP contribution in [0.25, 0.3) is 11.1 Å². The Balaban J connectivity index is 2.17. The SMILES string of the molecule is NC(N)=NC(N)=Nc1ccc(-c2ccc(N=C(N)N=C(N)N)cc2)cc1. The van der Waals surface area contributed by atoms with Gasteiger partial charge in [0.15, 0.2) is 11.9 Å². The summed E-state index contributed by atoms with van der Waals surface area (Å²) in [6, 6.07) is 14.8. The predicted octanol–water partition coefficient (Wildman–Crippen LogP) is -0.207. The zero-order chi connectivity index (χ0) is 19.1. The second-order valence-corrected chi connectivity index (χ2v) is 5.11. The molecule has 0 aliphatic carbocycles. The Morgan fingerprint density at radius 2 is 0.808 bits per heavy atom. The number of benzene rings is 2. The summed E-state index contributed by atoms with van der Waals surface area (Å²) in [7, 11) is 0. The fraction of sp³-hybridized carbons (Fsp3) is 0. The van der Waals surface area contributed by atoms with Crippen LogP contribution >= 0.6 is 0 Å². The number of hydrogen-bond acceptors (Lipinski definition) is 2. The topological polar surface area (TPSA) is 206 Å². The number of nitrogens with zero attached hydrogens (tertiary/aromatic N) is 4. The molecule has 0 radical (unpaired) electrons. The van der Waals surface area contributed by atoms with E-state index in [1.165, 1.54) is 0 Å². The molecule has 0 heterocycles. The van der Waals surface area contributed by atoms with Gasteiger partial charge in [0.1, 0.15) is 0 Å². The molecule has 12 N–H and O–H groups in total. The van der Waals surface area contributed by atoms with E-state index in [0.717, 1.165) is 11.1 Å². The fourth-order valence-electron chi connectivity index (χ4n) is 2.04. The summed E-state index contributed by atoms with van der Waals surface area (Å²) in [5.74, 6) is -0.325. The lowest BCUT2D eigenvalue weighted by Crippen LogP contribution is -2.26. The highest BCUT2D eigenvalue weighted by Crippen LogP contribution is 2.25. The van der Waals surface area contributed by atoms with Gasteiger partial charge < -0.3 is 34.4 Å². The van der Waals surface area contributed by atoms with Crippen molar-refractivity contribution in [3.05, 3.63) is 48.5 Å². The Hall–Kier alpha value is -4.08. The molecule has 0 atom stereocenters. The second kappa shape index (κ2) is 8.15. The molecule has 0 saturated heterocycles. The minimum atomic E-state index is -0.147. The maximum Gasteiger partial charge on any atom is 0.223 e. The summed E-state index contributed by atoms with van der Waals surface area (Å²) in [6.45, 7) is 0. The molecule has 0 unspecified atom stereocenters. The minimum Gasteiger partial charge on any atom is -0.370 e. The van der Waals surface area contributed by atoms with E-state index in [2.05, 4.69) is 20.0 Å². The van der Waals surface area contributed by atoms with Crippen LogP contribution in [-0.4, -0.2) is 23.8 Å². The molecule has 0 fully saturated rings. The molecule has 26 heavy (non-hydrogen) atoms. The van der Waals surface area contributed by atoms with Crippen molar-refractivity contribution < 1.29 is 0 Å². The number of hydrogen-bond donors (Lipinski definition) is 6. The van der Waals surface area contributed by atoms with Gasteiger partial charge in [-0.25, -0.2) is 9.98 Å². The second-order valence-electron chi connectivity index (χ2n) is 5.11. The molecular formula is C16H20N10. The third kappa shape index (κ3) is 5.53. The summed E-state index contributed by atoms with van der Waals surface area (Å²) >= 11 is 0. The van der Waals surface area contributed by atoms with Crippen LogP contribution in [0, 0.1) is 0 Å². The van der Waals surface area contributed by atoms with Crippen LogP contribution in [0.1, 0.15) is 0 Å². The molecule has 0 aromatic heterocycles. The summed E-state index contributed by atoms with van der Waals surface area (Å²) < 4.78 is 0. The first kappa shape index (κ1) is 18.3. The average molecular weight is 352 g/mol. The van der Waals surface area contributed by atoms with Gasteiger partial charge in [-0.1, -0.05) is 24.3 Å². The Kier molecular flexibility index (Phi) is 5.72. The quantitative estimate of drug-likeness (QED) is 0.325. The van der Waals surface area contributed by atoms with Gasteiger partial charge in [-0.15, -0.1) is 0 Å². The lowest BCUT2D eigenvalue weighted by atomic mass is 10.1. The van der Waals surface area contributed by atoms with E-state index in [-0.39, 0.29) is 23.8 Å². The van der Waals surface area contributed by atoms with Crippen LogP contribution in [0.15, 0.2) is 68.5 Å². The van der Waals surface area contributed by atoms with E-state index >= 15 is 0 Å². The van der Waals surface area contributed by atoms with E-state index in [1.807, 2.05) is 24.3 Å². The zero-order valence-electron chi connectivity index (χ0n) is 13.9. The first-order valence-electron chi connectivity index (χ1n) is 7.41. The molecule has 134 valence electrons. The van der Waals surface area contributed by atoms with E-state index in [9.17, 15) is 0 Å². The highest BCUT2D eigenvalue weighted by molar-refractivity contribution is 5.94. The van der Waals surface area contributed by atoms with Crippen LogP contribution in [0.4, 0.5) is 11.4 Å². The largest absolute Gasteiger partial charge is 0.370 e. The summed E-state index contributed by atoms with van der Waals surface area (Å²) in [6.07, 6.45) is 0. The minimum absolute atomic E-state index is 0.0154. The molecule has 2 aromatic carbocycles. The van der Waals surface area contributed by atoms with Crippen molar-refractivity contribution in [3.63, 3.8) is 0 Å². The Labute approximate surface area is 150 Å². The van der Waals surface area contributed by atoms with Crippen LogP contribution in [0.5, 0.6) is 0 Å². The van der Waals surface area contributed by atoms with Gasteiger partial charge in [-0.05, 0) is 35.4 Å². The molecule has 10 heteroatoms. The van der Waals surface area contributed by atoms with Gasteiger partial charge >= 0.3 is 0 Å². The van der Waals surface area contributed by atoms with Gasteiger partial charge in [0.2, 0.25) is 11.9 Å². The molecule has 2 rings (SSSR count). The Morgan fingerprint density at radius 3 is 1.08 bits per heavy atom. The zero-order valence-corrected chi connectivity index (χ0v) is 13.9. The predicted molar refractivity (Wildman–Crippen MR) is 106 cm³/mol. The van der Waals surface area contributed by atoms with Crippen molar-refractivity contribution in [2.24, 2.45) is 54.4 Å². The van der Waals surface area contributed by atoms with Gasteiger partial charge in [-0.3, -0.25) is 0 Å². The molecule has 0 bridgehead atoms. The van der Waals surface area contributed by atoms with Crippen molar-refractivity contribution in [2.45, 2.75) is 0 Å². The number of rotatable bonds is 3. The van der Waals surface area contributed by atoms with E-state index in [4.69, 9.17) is 34.4 Å². The van der Waals surface area contributed by atoms with Gasteiger partial charge in [0.05, 0.1) is 11.4 Å². The normalized spacial score (nSPS) is 11.7. The summed E-state index contributed by atoms with van der Waals surface area (Å²) in [5, 5.41) is 0. The first-order valence-corrected chi connectivity index (χ1v) is 7.41. The standard InChI is InChI=1S/C16H20N10/c17-13(18)25-15(21)23-11-5-1-9(2-6-11)10-3-7-12(8-4-10)24-16(22)26-14(19)20/h1-8H,(H6,17,18,21,23,25)(H6,19,20,22,24,26). The highest BCUT2D eigenvalue weighted by atomic mass is 15.1. The Morgan fingerprint density at radius 1 is 0.500 bits per heavy atom. The molecular weight excluding hydrogens is 332 g/mol. The molecule has 0 spiro atoms. The van der Waals surface area contributed by atoms with Crippen molar-refractivity contribution in [3.8, 4) is 11.1 Å². The maximum absolute atomic E-state index is 5.60. The van der Waals surface area contributed by atoms with Gasteiger partial charge in [0.25, 0.3) is 0 Å². The molecule has 10 nitrogen and oxygen atoms in total. The third-order valence-corrected chi connectivity index (χ3v) is 3.04. The highest BCUT2D eigenvalue weighted by Gasteiger charge is 2.00. The van der Waals surface area contributed by atoms with E-state index in [0.29, 0.717) is 11.4 Å². The summed E-state index contributed by atoms with van der Waals surface area (Å²) in [5.41, 5.74) is 35.4.